The third-order valence-electron chi connectivity index (χ3n) is 3.35. The molecule has 0 fully saturated rings. The van der Waals surface area contributed by atoms with Crippen LogP contribution >= 0.6 is 0 Å². The fourth-order valence-corrected chi connectivity index (χ4v) is 2.20. The van der Waals surface area contributed by atoms with E-state index in [0.717, 1.165) is 4.57 Å². The maximum atomic E-state index is 12.3. The van der Waals surface area contributed by atoms with Crippen molar-refractivity contribution >= 4 is 17.1 Å². The van der Waals surface area contributed by atoms with Crippen LogP contribution in [0.4, 0.5) is 5.95 Å². The van der Waals surface area contributed by atoms with Gasteiger partial charge in [-0.1, -0.05) is 0 Å². The number of aliphatic hydroxyl groups excluding tert-OH is 3. The number of aliphatic hydroxyl groups is 3. The van der Waals surface area contributed by atoms with Gasteiger partial charge in [0.25, 0.3) is 5.56 Å². The summed E-state index contributed by atoms with van der Waals surface area (Å²) in [6, 6.07) is 0. The van der Waals surface area contributed by atoms with E-state index in [2.05, 4.69) is 10.3 Å². The summed E-state index contributed by atoms with van der Waals surface area (Å²) in [5.74, 6) is 0.231. The van der Waals surface area contributed by atoms with Gasteiger partial charge in [0.15, 0.2) is 11.2 Å². The average Bonchev–Trinajstić information content (AvgIpc) is 2.87. The number of aryl methyl sites for hydroxylation is 1. The van der Waals surface area contributed by atoms with Crippen LogP contribution in [0.25, 0.3) is 11.2 Å². The van der Waals surface area contributed by atoms with E-state index in [0.29, 0.717) is 0 Å². The van der Waals surface area contributed by atoms with E-state index in [4.69, 9.17) is 10.2 Å². The van der Waals surface area contributed by atoms with Gasteiger partial charge in [-0.2, -0.15) is 4.98 Å². The van der Waals surface area contributed by atoms with Crippen LogP contribution in [0.2, 0.25) is 0 Å². The number of imidazole rings is 1. The summed E-state index contributed by atoms with van der Waals surface area (Å²) in [4.78, 5) is 28.5. The van der Waals surface area contributed by atoms with Crippen LogP contribution in [0.5, 0.6) is 0 Å². The molecule has 22 heavy (non-hydrogen) atoms. The van der Waals surface area contributed by atoms with E-state index in [1.807, 2.05) is 0 Å². The van der Waals surface area contributed by atoms with Gasteiger partial charge in [-0.05, 0) is 0 Å². The molecule has 1 unspecified atom stereocenters. The van der Waals surface area contributed by atoms with Gasteiger partial charge in [0.1, 0.15) is 0 Å². The Morgan fingerprint density at radius 1 is 1.23 bits per heavy atom. The number of fused-ring (bicyclic) bond motifs is 1. The topological polar surface area (TPSA) is 135 Å². The molecule has 0 saturated heterocycles. The lowest BCUT2D eigenvalue weighted by molar-refractivity contribution is 0.0824. The molecule has 2 heterocycles. The third kappa shape index (κ3) is 2.63. The number of anilines is 1. The fourth-order valence-electron chi connectivity index (χ4n) is 2.20. The van der Waals surface area contributed by atoms with Crippen LogP contribution in [0.15, 0.2) is 9.59 Å². The van der Waals surface area contributed by atoms with Crippen molar-refractivity contribution in [3.63, 3.8) is 0 Å². The van der Waals surface area contributed by atoms with Crippen LogP contribution in [0.3, 0.4) is 0 Å². The highest BCUT2D eigenvalue weighted by Crippen LogP contribution is 2.16. The molecule has 0 aliphatic heterocycles. The monoisotopic (exact) mass is 313 g/mol. The van der Waals surface area contributed by atoms with Gasteiger partial charge in [-0.25, -0.2) is 4.79 Å². The van der Waals surface area contributed by atoms with Gasteiger partial charge in [0.2, 0.25) is 5.95 Å². The van der Waals surface area contributed by atoms with E-state index in [-0.39, 0.29) is 36.8 Å². The molecule has 0 aromatic carbocycles. The molecule has 0 saturated carbocycles. The molecule has 2 aromatic heterocycles. The molecule has 0 aliphatic carbocycles. The smallest absolute Gasteiger partial charge is 0.332 e. The molecule has 0 amide bonds. The maximum absolute atomic E-state index is 12.3. The fraction of sp³-hybridized carbons (Fsp3) is 0.583. The van der Waals surface area contributed by atoms with Crippen LogP contribution in [-0.4, -0.2) is 59.9 Å². The molecular formula is C12H19N5O5. The average molecular weight is 313 g/mol. The zero-order valence-corrected chi connectivity index (χ0v) is 12.4. The van der Waals surface area contributed by atoms with Crippen molar-refractivity contribution in [2.45, 2.75) is 12.6 Å². The van der Waals surface area contributed by atoms with Crippen molar-refractivity contribution in [3.8, 4) is 0 Å². The van der Waals surface area contributed by atoms with Gasteiger partial charge in [0.05, 0.1) is 25.9 Å². The number of nitrogens with one attached hydrogen (secondary N) is 1. The molecule has 1 atom stereocenters. The van der Waals surface area contributed by atoms with E-state index in [1.165, 1.54) is 23.2 Å². The molecule has 4 N–H and O–H groups in total. The van der Waals surface area contributed by atoms with Gasteiger partial charge in [-0.3, -0.25) is 13.9 Å². The summed E-state index contributed by atoms with van der Waals surface area (Å²) in [6.07, 6.45) is -1.09. The second kappa shape index (κ2) is 6.30. The van der Waals surface area contributed by atoms with Crippen molar-refractivity contribution in [1.82, 2.24) is 18.7 Å². The standard InChI is InChI=1S/C12H19N5O5/c1-15-9-8(10(21)16(2)12(15)22)17(5-7(20)6-19)11(14-9)13-3-4-18/h7,18-20H,3-6H2,1-2H3,(H,13,14). The lowest BCUT2D eigenvalue weighted by atomic mass is 10.3. The first-order valence-corrected chi connectivity index (χ1v) is 6.72. The number of aromatic nitrogens is 4. The summed E-state index contributed by atoms with van der Waals surface area (Å²) in [5, 5.41) is 30.4. The minimum Gasteiger partial charge on any atom is -0.395 e. The number of hydrogen-bond donors (Lipinski definition) is 4. The predicted octanol–water partition coefficient (Wildman–Crippen LogP) is -2.81. The molecule has 0 bridgehead atoms. The summed E-state index contributed by atoms with van der Waals surface area (Å²) in [5.41, 5.74) is -0.762. The lowest BCUT2D eigenvalue weighted by Crippen LogP contribution is -2.38. The van der Waals surface area contributed by atoms with E-state index in [9.17, 15) is 14.7 Å². The minimum absolute atomic E-state index is 0.0752. The Balaban J connectivity index is 2.75. The van der Waals surface area contributed by atoms with Gasteiger partial charge < -0.3 is 25.2 Å². The normalized spacial score (nSPS) is 12.8. The Kier molecular flexibility index (Phi) is 4.64. The second-order valence-corrected chi connectivity index (χ2v) is 4.91. The summed E-state index contributed by atoms with van der Waals surface area (Å²) < 4.78 is 3.57. The zero-order valence-electron chi connectivity index (χ0n) is 12.4. The van der Waals surface area contributed by atoms with E-state index >= 15 is 0 Å². The largest absolute Gasteiger partial charge is 0.395 e. The molecule has 0 radical (unpaired) electrons. The molecule has 0 aliphatic rings. The lowest BCUT2D eigenvalue weighted by Gasteiger charge is -2.13. The predicted molar refractivity (Wildman–Crippen MR) is 78.9 cm³/mol. The van der Waals surface area contributed by atoms with Crippen LogP contribution in [0, 0.1) is 0 Å². The first-order chi connectivity index (χ1) is 10.4. The first-order valence-electron chi connectivity index (χ1n) is 6.72. The Morgan fingerprint density at radius 3 is 2.50 bits per heavy atom. The van der Waals surface area contributed by atoms with Crippen LogP contribution in [-0.2, 0) is 20.6 Å². The highest BCUT2D eigenvalue weighted by atomic mass is 16.3. The number of nitrogens with zero attached hydrogens (tertiary/aromatic N) is 4. The molecule has 2 aromatic rings. The Hall–Kier alpha value is -2.17. The molecule has 10 nitrogen and oxygen atoms in total. The van der Waals surface area contributed by atoms with Gasteiger partial charge >= 0.3 is 5.69 Å². The Morgan fingerprint density at radius 2 is 1.91 bits per heavy atom. The SMILES string of the molecule is Cn1c(=O)c2c(nc(NCCO)n2CC(O)CO)n(C)c1=O. The number of rotatable bonds is 6. The van der Waals surface area contributed by atoms with Gasteiger partial charge in [-0.15, -0.1) is 0 Å². The van der Waals surface area contributed by atoms with Crippen molar-refractivity contribution in [3.05, 3.63) is 20.8 Å². The second-order valence-electron chi connectivity index (χ2n) is 4.91. The zero-order chi connectivity index (χ0) is 16.4. The molecule has 2 rings (SSSR count). The summed E-state index contributed by atoms with van der Waals surface area (Å²) in [6.45, 7) is -0.519. The van der Waals surface area contributed by atoms with Crippen molar-refractivity contribution in [2.75, 3.05) is 25.1 Å². The minimum atomic E-state index is -1.09. The summed E-state index contributed by atoms with van der Waals surface area (Å²) in [7, 11) is 2.84. The van der Waals surface area contributed by atoms with Crippen LogP contribution in [0.1, 0.15) is 0 Å². The molecule has 122 valence electrons. The molecular weight excluding hydrogens is 294 g/mol. The highest BCUT2D eigenvalue weighted by Gasteiger charge is 2.20. The number of hydrogen-bond acceptors (Lipinski definition) is 7. The maximum Gasteiger partial charge on any atom is 0.332 e. The highest BCUT2D eigenvalue weighted by molar-refractivity contribution is 5.74. The van der Waals surface area contributed by atoms with Crippen molar-refractivity contribution in [1.29, 1.82) is 0 Å². The van der Waals surface area contributed by atoms with E-state index in [1.54, 1.807) is 0 Å². The van der Waals surface area contributed by atoms with E-state index < -0.39 is 24.0 Å². The van der Waals surface area contributed by atoms with Gasteiger partial charge in [0, 0.05) is 20.6 Å². The van der Waals surface area contributed by atoms with Crippen molar-refractivity contribution in [2.24, 2.45) is 14.1 Å². The third-order valence-corrected chi connectivity index (χ3v) is 3.35. The molecule has 0 spiro atoms. The van der Waals surface area contributed by atoms with Crippen LogP contribution < -0.4 is 16.6 Å². The first kappa shape index (κ1) is 16.2. The summed E-state index contributed by atoms with van der Waals surface area (Å²) >= 11 is 0. The molecule has 10 heteroatoms. The Labute approximate surface area is 124 Å². The Bertz CT molecular complexity index is 790. The quantitative estimate of drug-likeness (QED) is 0.452. The van der Waals surface area contributed by atoms with Crippen molar-refractivity contribution < 1.29 is 15.3 Å².